The lowest BCUT2D eigenvalue weighted by Crippen LogP contribution is -2.20. The van der Waals surface area contributed by atoms with Gasteiger partial charge in [-0.05, 0) is 30.5 Å². The molecule has 0 saturated carbocycles. The van der Waals surface area contributed by atoms with Gasteiger partial charge in [-0.3, -0.25) is 9.59 Å². The average Bonchev–Trinajstić information content (AvgIpc) is 2.83. The lowest BCUT2D eigenvalue weighted by atomic mass is 9.95. The molecule has 1 aliphatic carbocycles. The average molecular weight is 288 g/mol. The number of methoxy groups -OCH3 is 1. The third-order valence-corrected chi connectivity index (χ3v) is 4.24. The van der Waals surface area contributed by atoms with E-state index >= 15 is 0 Å². The fraction of sp³-hybridized carbons (Fsp3) is 0.556. The molecule has 114 valence electrons. The Hall–Kier alpha value is -1.64. The summed E-state index contributed by atoms with van der Waals surface area (Å²) in [5.74, 6) is 0.294. The number of unbranched alkanes of at least 4 members (excludes halogenated alkanes) is 4. The van der Waals surface area contributed by atoms with Gasteiger partial charge < -0.3 is 4.74 Å². The Morgan fingerprint density at radius 2 is 2.00 bits per heavy atom. The van der Waals surface area contributed by atoms with Crippen LogP contribution >= 0.6 is 0 Å². The number of fused-ring (bicyclic) bond motifs is 1. The van der Waals surface area contributed by atoms with Crippen molar-refractivity contribution in [1.82, 2.24) is 0 Å². The van der Waals surface area contributed by atoms with Crippen molar-refractivity contribution in [2.24, 2.45) is 5.92 Å². The topological polar surface area (TPSA) is 43.4 Å². The highest BCUT2D eigenvalue weighted by molar-refractivity contribution is 6.14. The summed E-state index contributed by atoms with van der Waals surface area (Å²) in [6.45, 7) is 2.17. The fourth-order valence-electron chi connectivity index (χ4n) is 2.93. The number of carbonyl (C=O) groups excluding carboxylic acids is 2. The van der Waals surface area contributed by atoms with Crippen molar-refractivity contribution in [3.05, 3.63) is 29.3 Å². The second-order valence-corrected chi connectivity index (χ2v) is 5.77. The summed E-state index contributed by atoms with van der Waals surface area (Å²) in [7, 11) is 1.58. The van der Waals surface area contributed by atoms with Gasteiger partial charge >= 0.3 is 0 Å². The van der Waals surface area contributed by atoms with Crippen LogP contribution in [0, 0.1) is 5.92 Å². The molecule has 21 heavy (non-hydrogen) atoms. The van der Waals surface area contributed by atoms with Crippen LogP contribution in [-0.4, -0.2) is 18.7 Å². The highest BCUT2D eigenvalue weighted by Crippen LogP contribution is 2.31. The second-order valence-electron chi connectivity index (χ2n) is 5.77. The fourth-order valence-corrected chi connectivity index (χ4v) is 2.93. The molecule has 0 radical (unpaired) electrons. The third kappa shape index (κ3) is 3.72. The Morgan fingerprint density at radius 1 is 1.24 bits per heavy atom. The molecule has 3 heteroatoms. The molecule has 0 aromatic heterocycles. The van der Waals surface area contributed by atoms with Crippen LogP contribution in [0.25, 0.3) is 0 Å². The van der Waals surface area contributed by atoms with Crippen molar-refractivity contribution in [1.29, 1.82) is 0 Å². The minimum atomic E-state index is -0.460. The Kier molecular flexibility index (Phi) is 5.54. The first-order chi connectivity index (χ1) is 10.2. The largest absolute Gasteiger partial charge is 0.497 e. The number of rotatable bonds is 8. The summed E-state index contributed by atoms with van der Waals surface area (Å²) in [5, 5.41) is 0. The smallest absolute Gasteiger partial charge is 0.174 e. The molecule has 0 saturated heterocycles. The molecule has 1 atom stereocenters. The monoisotopic (exact) mass is 288 g/mol. The van der Waals surface area contributed by atoms with E-state index in [0.717, 1.165) is 18.4 Å². The maximum Gasteiger partial charge on any atom is 0.174 e. The normalized spacial score (nSPS) is 16.9. The second kappa shape index (κ2) is 7.39. The summed E-state index contributed by atoms with van der Waals surface area (Å²) in [6.07, 6.45) is 6.69. The number of benzene rings is 1. The van der Waals surface area contributed by atoms with Gasteiger partial charge in [0.05, 0.1) is 13.0 Å². The summed E-state index contributed by atoms with van der Waals surface area (Å²) in [4.78, 5) is 24.6. The predicted molar refractivity (Wildman–Crippen MR) is 82.9 cm³/mol. The molecule has 1 aromatic rings. The van der Waals surface area contributed by atoms with Crippen LogP contribution in [0.3, 0.4) is 0 Å². The standard InChI is InChI=1S/C18H24O3/c1-3-4-5-6-7-8-17(19)16-11-13-9-10-14(21-2)12-15(13)18(16)20/h9-10,12,16H,3-8,11H2,1-2H3. The maximum atomic E-state index is 12.4. The molecule has 1 unspecified atom stereocenters. The molecule has 0 N–H and O–H groups in total. The highest BCUT2D eigenvalue weighted by Gasteiger charge is 2.35. The number of ketones is 2. The maximum absolute atomic E-state index is 12.4. The van der Waals surface area contributed by atoms with E-state index in [1.807, 2.05) is 12.1 Å². The van der Waals surface area contributed by atoms with E-state index in [4.69, 9.17) is 4.74 Å². The zero-order valence-electron chi connectivity index (χ0n) is 13.0. The number of carbonyl (C=O) groups is 2. The molecule has 0 fully saturated rings. The van der Waals surface area contributed by atoms with E-state index < -0.39 is 5.92 Å². The first kappa shape index (κ1) is 15.7. The molecule has 3 nitrogen and oxygen atoms in total. The Bertz CT molecular complexity index is 519. The first-order valence-corrected chi connectivity index (χ1v) is 7.91. The molecule has 0 spiro atoms. The molecular weight excluding hydrogens is 264 g/mol. The van der Waals surface area contributed by atoms with Gasteiger partial charge in [-0.25, -0.2) is 0 Å². The van der Waals surface area contributed by atoms with Crippen LogP contribution in [0.15, 0.2) is 18.2 Å². The van der Waals surface area contributed by atoms with E-state index in [1.54, 1.807) is 13.2 Å². The van der Waals surface area contributed by atoms with Crippen molar-refractivity contribution in [2.75, 3.05) is 7.11 Å². The number of hydrogen-bond donors (Lipinski definition) is 0. The lowest BCUT2D eigenvalue weighted by molar-refractivity contribution is -0.121. The molecule has 0 amide bonds. The van der Waals surface area contributed by atoms with Crippen molar-refractivity contribution in [3.63, 3.8) is 0 Å². The molecule has 1 aromatic carbocycles. The van der Waals surface area contributed by atoms with E-state index in [9.17, 15) is 9.59 Å². The number of hydrogen-bond acceptors (Lipinski definition) is 3. The molecule has 0 bridgehead atoms. The van der Waals surface area contributed by atoms with Gasteiger partial charge in [0.2, 0.25) is 0 Å². The van der Waals surface area contributed by atoms with Gasteiger partial charge in [0, 0.05) is 12.0 Å². The quantitative estimate of drug-likeness (QED) is 0.537. The zero-order chi connectivity index (χ0) is 15.2. The van der Waals surface area contributed by atoms with Gasteiger partial charge in [-0.1, -0.05) is 38.7 Å². The van der Waals surface area contributed by atoms with Gasteiger partial charge in [-0.15, -0.1) is 0 Å². The van der Waals surface area contributed by atoms with Crippen LogP contribution in [0.5, 0.6) is 5.75 Å². The van der Waals surface area contributed by atoms with Gasteiger partial charge in [0.25, 0.3) is 0 Å². The summed E-state index contributed by atoms with van der Waals surface area (Å²) >= 11 is 0. The minimum absolute atomic E-state index is 0.0255. The summed E-state index contributed by atoms with van der Waals surface area (Å²) in [5.41, 5.74) is 1.64. The van der Waals surface area contributed by atoms with Gasteiger partial charge in [-0.2, -0.15) is 0 Å². The Balaban J connectivity index is 1.91. The van der Waals surface area contributed by atoms with Crippen molar-refractivity contribution < 1.29 is 14.3 Å². The minimum Gasteiger partial charge on any atom is -0.497 e. The van der Waals surface area contributed by atoms with Gasteiger partial charge in [0.1, 0.15) is 11.5 Å². The van der Waals surface area contributed by atoms with Crippen LogP contribution in [0.4, 0.5) is 0 Å². The van der Waals surface area contributed by atoms with Crippen molar-refractivity contribution >= 4 is 11.6 Å². The lowest BCUT2D eigenvalue weighted by Gasteiger charge is -2.06. The van der Waals surface area contributed by atoms with Crippen molar-refractivity contribution in [2.45, 2.75) is 51.9 Å². The van der Waals surface area contributed by atoms with Crippen LogP contribution < -0.4 is 4.74 Å². The Morgan fingerprint density at radius 3 is 2.71 bits per heavy atom. The molecule has 1 aliphatic rings. The molecule has 0 aliphatic heterocycles. The summed E-state index contributed by atoms with van der Waals surface area (Å²) in [6, 6.07) is 5.51. The van der Waals surface area contributed by atoms with Crippen molar-refractivity contribution in [3.8, 4) is 5.75 Å². The first-order valence-electron chi connectivity index (χ1n) is 7.91. The summed E-state index contributed by atoms with van der Waals surface area (Å²) < 4.78 is 5.15. The van der Waals surface area contributed by atoms with Crippen LogP contribution in [0.1, 0.15) is 61.4 Å². The molecular formula is C18H24O3. The zero-order valence-corrected chi connectivity index (χ0v) is 13.0. The van der Waals surface area contributed by atoms with E-state index in [-0.39, 0.29) is 11.6 Å². The van der Waals surface area contributed by atoms with E-state index in [1.165, 1.54) is 19.3 Å². The van der Waals surface area contributed by atoms with Gasteiger partial charge in [0.15, 0.2) is 5.78 Å². The van der Waals surface area contributed by atoms with E-state index in [2.05, 4.69) is 6.92 Å². The number of Topliss-reactive ketones (excluding diaryl/α,β-unsaturated/α-hetero) is 2. The molecule has 0 heterocycles. The number of ether oxygens (including phenoxy) is 1. The van der Waals surface area contributed by atoms with Crippen LogP contribution in [-0.2, 0) is 11.2 Å². The third-order valence-electron chi connectivity index (χ3n) is 4.24. The van der Waals surface area contributed by atoms with Crippen LogP contribution in [0.2, 0.25) is 0 Å². The molecule has 2 rings (SSSR count). The Labute approximate surface area is 126 Å². The predicted octanol–water partition coefficient (Wildman–Crippen LogP) is 3.98. The SMILES string of the molecule is CCCCCCCC(=O)C1Cc2ccc(OC)cc2C1=O. The highest BCUT2D eigenvalue weighted by atomic mass is 16.5. The van der Waals surface area contributed by atoms with E-state index in [0.29, 0.717) is 24.2 Å².